The van der Waals surface area contributed by atoms with Crippen LogP contribution in [-0.2, 0) is 24.6 Å². The van der Waals surface area contributed by atoms with E-state index in [2.05, 4.69) is 46.0 Å². The minimum Gasteiger partial charge on any atom is -0.380 e. The van der Waals surface area contributed by atoms with Crippen molar-refractivity contribution in [1.82, 2.24) is 9.80 Å². The number of rotatable bonds is 16. The summed E-state index contributed by atoms with van der Waals surface area (Å²) in [6, 6.07) is 25.0. The summed E-state index contributed by atoms with van der Waals surface area (Å²) < 4.78 is 103. The standard InChI is InChI=1S/C47H55ClF3N5O6S3/c1-46(2)20-18-40(33-8-12-36(48)13-9-33)35(30-46)31-55-22-24-56(25-23-55)38-14-10-34(11-15-38)43(57)41-16-17-42(45(44(41)65(52,60)61)64(58,59)47(49,50)51)53-37(19-21-54-26-28-62-29-27-54)32-63-39-6-4-3-5-7-39/h3-17,37,53H,18-32H2,1-2H3,(H2,52,60,61)/t37-/m1/s1. The number of sulfone groups is 1. The van der Waals surface area contributed by atoms with Gasteiger partial charge in [0.25, 0.3) is 9.84 Å². The number of sulfonamides is 1. The molecule has 0 spiro atoms. The van der Waals surface area contributed by atoms with Gasteiger partial charge in [-0.15, -0.1) is 11.8 Å². The zero-order valence-corrected chi connectivity index (χ0v) is 39.7. The van der Waals surface area contributed by atoms with Crippen LogP contribution in [0.5, 0.6) is 0 Å². The van der Waals surface area contributed by atoms with Gasteiger partial charge in [-0.25, -0.2) is 22.0 Å². The zero-order valence-electron chi connectivity index (χ0n) is 36.4. The normalized spacial score (nSPS) is 18.4. The van der Waals surface area contributed by atoms with Crippen LogP contribution in [0.2, 0.25) is 5.02 Å². The van der Waals surface area contributed by atoms with Crippen LogP contribution in [0.3, 0.4) is 0 Å². The molecule has 0 radical (unpaired) electrons. The number of allylic oxidation sites excluding steroid dienone is 1. The summed E-state index contributed by atoms with van der Waals surface area (Å²) >= 11 is 7.60. The van der Waals surface area contributed by atoms with Gasteiger partial charge in [0.1, 0.15) is 9.79 Å². The number of nitrogens with zero attached hydrogens (tertiary/aromatic N) is 3. The summed E-state index contributed by atoms with van der Waals surface area (Å²) in [5, 5.41) is 9.21. The molecule has 0 unspecified atom stereocenters. The van der Waals surface area contributed by atoms with Crippen LogP contribution in [-0.4, -0.2) is 115 Å². The number of morpholine rings is 1. The van der Waals surface area contributed by atoms with E-state index in [0.29, 0.717) is 57.4 Å². The maximum absolute atomic E-state index is 14.5. The lowest BCUT2D eigenvalue weighted by Crippen LogP contribution is -2.47. The molecule has 350 valence electrons. The van der Waals surface area contributed by atoms with E-state index < -0.39 is 58.2 Å². The first-order valence-corrected chi connectivity index (χ1v) is 26.0. The third-order valence-corrected chi connectivity index (χ3v) is 16.4. The van der Waals surface area contributed by atoms with Crippen LogP contribution in [0.25, 0.3) is 5.57 Å². The number of primary sulfonamides is 1. The lowest BCUT2D eigenvalue weighted by molar-refractivity contribution is -0.0437. The van der Waals surface area contributed by atoms with Crippen molar-refractivity contribution < 1.29 is 39.5 Å². The maximum atomic E-state index is 14.5. The van der Waals surface area contributed by atoms with Crippen molar-refractivity contribution in [3.63, 3.8) is 0 Å². The SMILES string of the molecule is CC1(C)CCC(c2ccc(Cl)cc2)=C(CN2CCN(c3ccc(C(=O)c4ccc(N[C@H](CCN5CCOCC5)CSc5ccccc5)c(S(=O)(=O)C(F)(F)F)c4S(N)(=O)=O)cc3)CC2)C1. The average molecular weight is 975 g/mol. The number of thioether (sulfide) groups is 1. The minimum atomic E-state index is -6.39. The second kappa shape index (κ2) is 20.5. The Morgan fingerprint density at radius 3 is 2.15 bits per heavy atom. The highest BCUT2D eigenvalue weighted by Crippen LogP contribution is 2.44. The van der Waals surface area contributed by atoms with Crippen molar-refractivity contribution in [3.05, 3.63) is 118 Å². The number of hydrogen-bond donors (Lipinski definition) is 2. The molecule has 0 saturated carbocycles. The van der Waals surface area contributed by atoms with Gasteiger partial charge in [-0.05, 0) is 103 Å². The lowest BCUT2D eigenvalue weighted by Gasteiger charge is -2.39. The average Bonchev–Trinajstić information content (AvgIpc) is 3.27. The molecule has 7 rings (SSSR count). The molecule has 11 nitrogen and oxygen atoms in total. The largest absolute Gasteiger partial charge is 0.502 e. The predicted octanol–water partition coefficient (Wildman–Crippen LogP) is 8.59. The number of carbonyl (C=O) groups is 1. The Morgan fingerprint density at radius 1 is 0.862 bits per heavy atom. The first-order chi connectivity index (χ1) is 30.8. The quantitative estimate of drug-likeness (QED) is 0.0824. The van der Waals surface area contributed by atoms with Gasteiger partial charge >= 0.3 is 5.51 Å². The maximum Gasteiger partial charge on any atom is 0.502 e. The highest BCUT2D eigenvalue weighted by molar-refractivity contribution is 7.99. The molecule has 1 aliphatic carbocycles. The fourth-order valence-corrected chi connectivity index (χ4v) is 12.4. The third kappa shape index (κ3) is 12.2. The first kappa shape index (κ1) is 49.0. The number of piperazine rings is 1. The van der Waals surface area contributed by atoms with Crippen LogP contribution in [0.15, 0.2) is 111 Å². The number of nitrogens with two attached hydrogens (primary N) is 1. The predicted molar refractivity (Wildman–Crippen MR) is 252 cm³/mol. The van der Waals surface area contributed by atoms with E-state index >= 15 is 0 Å². The molecule has 18 heteroatoms. The summed E-state index contributed by atoms with van der Waals surface area (Å²) in [7, 11) is -11.7. The molecule has 1 atom stereocenters. The Hall–Kier alpha value is -3.94. The lowest BCUT2D eigenvalue weighted by atomic mass is 9.73. The van der Waals surface area contributed by atoms with Gasteiger partial charge in [0.05, 0.1) is 18.9 Å². The molecule has 0 amide bonds. The van der Waals surface area contributed by atoms with Crippen molar-refractivity contribution in [2.24, 2.45) is 10.6 Å². The molecule has 0 bridgehead atoms. The van der Waals surface area contributed by atoms with Crippen molar-refractivity contribution in [2.45, 2.75) is 65.8 Å². The molecule has 2 fully saturated rings. The Morgan fingerprint density at radius 2 is 1.52 bits per heavy atom. The Kier molecular flexibility index (Phi) is 15.5. The van der Waals surface area contributed by atoms with E-state index in [1.807, 2.05) is 42.5 Å². The summed E-state index contributed by atoms with van der Waals surface area (Å²) in [6.07, 6.45) is 3.46. The highest BCUT2D eigenvalue weighted by atomic mass is 35.5. The molecule has 2 saturated heterocycles. The number of ether oxygens (including phenoxy) is 1. The van der Waals surface area contributed by atoms with Gasteiger partial charge in [-0.2, -0.15) is 13.2 Å². The van der Waals surface area contributed by atoms with Gasteiger partial charge in [0.15, 0.2) is 5.78 Å². The molecule has 2 heterocycles. The number of ketones is 1. The van der Waals surface area contributed by atoms with Crippen LogP contribution < -0.4 is 15.4 Å². The Bertz CT molecular complexity index is 2570. The molecule has 3 aliphatic rings. The monoisotopic (exact) mass is 973 g/mol. The van der Waals surface area contributed by atoms with E-state index in [1.165, 1.54) is 40.6 Å². The molecule has 4 aromatic carbocycles. The van der Waals surface area contributed by atoms with Crippen LogP contribution in [0.4, 0.5) is 24.5 Å². The first-order valence-electron chi connectivity index (χ1n) is 21.6. The third-order valence-electron chi connectivity index (χ3n) is 12.3. The van der Waals surface area contributed by atoms with Crippen LogP contribution >= 0.6 is 23.4 Å². The number of nitrogens with one attached hydrogen (secondary N) is 1. The van der Waals surface area contributed by atoms with Gasteiger partial charge in [0.2, 0.25) is 10.0 Å². The van der Waals surface area contributed by atoms with E-state index in [4.69, 9.17) is 21.5 Å². The topological polar surface area (TPSA) is 142 Å². The summed E-state index contributed by atoms with van der Waals surface area (Å²) in [4.78, 5) is 18.7. The van der Waals surface area contributed by atoms with E-state index in [0.717, 1.165) is 61.6 Å². The summed E-state index contributed by atoms with van der Waals surface area (Å²) in [6.45, 7) is 11.2. The van der Waals surface area contributed by atoms with Crippen LogP contribution in [0, 0.1) is 5.41 Å². The number of hydrogen-bond acceptors (Lipinski definition) is 11. The van der Waals surface area contributed by atoms with Crippen molar-refractivity contribution in [1.29, 1.82) is 0 Å². The Balaban J connectivity index is 1.12. The molecule has 0 aromatic heterocycles. The fraction of sp³-hybridized carbons (Fsp3) is 0.426. The number of carbonyl (C=O) groups excluding carboxylic acids is 1. The van der Waals surface area contributed by atoms with E-state index in [-0.39, 0.29) is 16.7 Å². The number of anilines is 2. The molecule has 65 heavy (non-hydrogen) atoms. The van der Waals surface area contributed by atoms with Crippen molar-refractivity contribution >= 4 is 66.0 Å². The summed E-state index contributed by atoms with van der Waals surface area (Å²) in [5.74, 6) is -0.715. The zero-order chi connectivity index (χ0) is 46.6. The molecule has 4 aromatic rings. The van der Waals surface area contributed by atoms with Gasteiger partial charge in [-0.3, -0.25) is 14.6 Å². The fourth-order valence-electron chi connectivity index (χ4n) is 8.79. The van der Waals surface area contributed by atoms with Crippen molar-refractivity contribution in [3.8, 4) is 0 Å². The summed E-state index contributed by atoms with van der Waals surface area (Å²) in [5.41, 5.74) is -2.39. The number of halogens is 4. The highest BCUT2D eigenvalue weighted by Gasteiger charge is 2.51. The molecule has 3 N–H and O–H groups in total. The second-order valence-corrected chi connectivity index (χ2v) is 22.5. The van der Waals surface area contributed by atoms with Gasteiger partial charge < -0.3 is 15.0 Å². The van der Waals surface area contributed by atoms with E-state index in [1.54, 1.807) is 12.1 Å². The number of alkyl halides is 3. The van der Waals surface area contributed by atoms with Crippen LogP contribution in [0.1, 0.15) is 61.0 Å². The van der Waals surface area contributed by atoms with E-state index in [9.17, 15) is 34.8 Å². The molecule has 2 aliphatic heterocycles. The molecular weight excluding hydrogens is 919 g/mol. The van der Waals surface area contributed by atoms with Gasteiger partial charge in [-0.1, -0.05) is 61.4 Å². The Labute approximate surface area is 389 Å². The second-order valence-electron chi connectivity index (χ2n) is 17.6. The van der Waals surface area contributed by atoms with Gasteiger partial charge in [0, 0.05) is 90.9 Å². The minimum absolute atomic E-state index is 0.0578. The number of benzene rings is 4. The smallest absolute Gasteiger partial charge is 0.380 e. The van der Waals surface area contributed by atoms with Crippen molar-refractivity contribution in [2.75, 3.05) is 81.5 Å². The molecular formula is C47H55ClF3N5O6S3.